The number of benzene rings is 3. The maximum Gasteiger partial charge on any atom is 0.344 e. The fourth-order valence-electron chi connectivity index (χ4n) is 2.74. The normalized spacial score (nSPS) is 11.0. The quantitative estimate of drug-likeness (QED) is 0.562. The number of para-hydroxylation sites is 3. The second kappa shape index (κ2) is 10.3. The van der Waals surface area contributed by atoms with Crippen LogP contribution in [0.1, 0.15) is 5.56 Å². The van der Waals surface area contributed by atoms with Crippen molar-refractivity contribution in [2.24, 2.45) is 0 Å². The van der Waals surface area contributed by atoms with Gasteiger partial charge in [-0.1, -0.05) is 54.6 Å². The van der Waals surface area contributed by atoms with Crippen molar-refractivity contribution >= 4 is 39.5 Å². The molecule has 8 nitrogen and oxygen atoms in total. The van der Waals surface area contributed by atoms with Crippen molar-refractivity contribution < 1.29 is 22.7 Å². The van der Waals surface area contributed by atoms with Gasteiger partial charge >= 0.3 is 12.1 Å². The van der Waals surface area contributed by atoms with E-state index in [1.807, 2.05) is 0 Å². The van der Waals surface area contributed by atoms with Crippen molar-refractivity contribution in [2.75, 3.05) is 17.7 Å². The molecule has 32 heavy (non-hydrogen) atoms. The smallest absolute Gasteiger partial charge is 0.344 e. The first kappa shape index (κ1) is 22.6. The molecule has 0 aliphatic carbocycles. The second-order valence-electron chi connectivity index (χ2n) is 6.45. The van der Waals surface area contributed by atoms with Crippen molar-refractivity contribution in [3.05, 3.63) is 95.9 Å². The van der Waals surface area contributed by atoms with E-state index in [0.29, 0.717) is 22.7 Å². The number of imide groups is 1. The van der Waals surface area contributed by atoms with Crippen LogP contribution < -0.4 is 15.4 Å². The Balaban J connectivity index is 1.93. The number of hydrogen-bond donors (Lipinski definition) is 2. The number of urea groups is 2. The van der Waals surface area contributed by atoms with E-state index >= 15 is 0 Å². The van der Waals surface area contributed by atoms with Gasteiger partial charge in [-0.3, -0.25) is 0 Å². The van der Waals surface area contributed by atoms with E-state index in [2.05, 4.69) is 10.6 Å². The molecule has 3 rings (SSSR count). The monoisotopic (exact) mass is 451 g/mol. The van der Waals surface area contributed by atoms with Crippen LogP contribution >= 0.6 is 0 Å². The lowest BCUT2D eigenvalue weighted by atomic mass is 10.2. The third kappa shape index (κ3) is 5.73. The molecule has 0 aliphatic rings. The Morgan fingerprint density at radius 1 is 0.781 bits per heavy atom. The molecule has 2 N–H and O–H groups in total. The van der Waals surface area contributed by atoms with Crippen LogP contribution in [0.4, 0.5) is 21.0 Å². The Kier molecular flexibility index (Phi) is 7.25. The van der Waals surface area contributed by atoms with Gasteiger partial charge in [-0.05, 0) is 36.4 Å². The lowest BCUT2D eigenvalue weighted by molar-refractivity contribution is 0.223. The maximum absolute atomic E-state index is 13.0. The van der Waals surface area contributed by atoms with Crippen molar-refractivity contribution in [1.29, 1.82) is 0 Å². The van der Waals surface area contributed by atoms with Gasteiger partial charge in [0.1, 0.15) is 5.75 Å². The Bertz CT molecular complexity index is 1160. The fraction of sp³-hybridized carbons (Fsp3) is 0.0435. The van der Waals surface area contributed by atoms with Gasteiger partial charge in [0.15, 0.2) is 0 Å². The summed E-state index contributed by atoms with van der Waals surface area (Å²) in [5.41, 5.74) is 1.13. The first-order chi connectivity index (χ1) is 15.4. The number of rotatable bonds is 6. The minimum absolute atomic E-state index is 0.138. The molecule has 9 heteroatoms. The summed E-state index contributed by atoms with van der Waals surface area (Å²) in [5.74, 6) is 0.438. The van der Waals surface area contributed by atoms with Crippen LogP contribution in [0.5, 0.6) is 5.75 Å². The Morgan fingerprint density at radius 2 is 1.25 bits per heavy atom. The van der Waals surface area contributed by atoms with Crippen LogP contribution in [-0.2, 0) is 10.0 Å². The van der Waals surface area contributed by atoms with Crippen LogP contribution in [0, 0.1) is 0 Å². The molecular weight excluding hydrogens is 430 g/mol. The number of nitrogens with zero attached hydrogens (tertiary/aromatic N) is 1. The zero-order chi connectivity index (χ0) is 23.0. The van der Waals surface area contributed by atoms with E-state index in [-0.39, 0.29) is 4.31 Å². The van der Waals surface area contributed by atoms with Gasteiger partial charge in [0.05, 0.1) is 12.5 Å². The SMILES string of the molecule is COc1ccccc1/C=C/S(=O)(=O)N(C(=O)Nc1ccccc1)C(=O)Nc1ccccc1. The largest absolute Gasteiger partial charge is 0.496 e. The Labute approximate surface area is 186 Å². The molecule has 0 saturated carbocycles. The number of anilines is 2. The summed E-state index contributed by atoms with van der Waals surface area (Å²) in [6, 6.07) is 20.9. The van der Waals surface area contributed by atoms with Crippen molar-refractivity contribution in [3.63, 3.8) is 0 Å². The maximum atomic E-state index is 13.0. The predicted molar refractivity (Wildman–Crippen MR) is 124 cm³/mol. The Hall–Kier alpha value is -4.11. The summed E-state index contributed by atoms with van der Waals surface area (Å²) < 4.78 is 31.4. The molecule has 0 aliphatic heterocycles. The van der Waals surface area contributed by atoms with Crippen molar-refractivity contribution in [2.45, 2.75) is 0 Å². The summed E-state index contributed by atoms with van der Waals surface area (Å²) in [7, 11) is -3.06. The molecule has 0 unspecified atom stereocenters. The van der Waals surface area contributed by atoms with Gasteiger partial charge in [-0.2, -0.15) is 0 Å². The minimum Gasteiger partial charge on any atom is -0.496 e. The zero-order valence-corrected chi connectivity index (χ0v) is 18.0. The summed E-state index contributed by atoms with van der Waals surface area (Å²) in [5, 5.41) is 5.63. The van der Waals surface area contributed by atoms with Gasteiger partial charge in [-0.25, -0.2) is 18.0 Å². The van der Waals surface area contributed by atoms with Crippen LogP contribution in [0.25, 0.3) is 6.08 Å². The molecule has 164 valence electrons. The number of carbonyl (C=O) groups excluding carboxylic acids is 2. The highest BCUT2D eigenvalue weighted by Crippen LogP contribution is 2.21. The van der Waals surface area contributed by atoms with Gasteiger partial charge in [0.25, 0.3) is 10.0 Å². The van der Waals surface area contributed by atoms with Crippen LogP contribution in [-0.4, -0.2) is 31.9 Å². The summed E-state index contributed by atoms with van der Waals surface area (Å²) in [6.07, 6.45) is 1.26. The number of methoxy groups -OCH3 is 1. The standard InChI is InChI=1S/C23H21N3O5S/c1-31-21-15-9-8-10-18(21)16-17-32(29,30)26(22(27)24-19-11-4-2-5-12-19)23(28)25-20-13-6-3-7-14-20/h2-17H,1H3,(H,24,27)(H,25,28)/b17-16+. The number of hydrogen-bond acceptors (Lipinski definition) is 5. The van der Waals surface area contributed by atoms with Crippen LogP contribution in [0.15, 0.2) is 90.3 Å². The molecule has 0 saturated heterocycles. The third-order valence-corrected chi connectivity index (χ3v) is 5.55. The summed E-state index contributed by atoms with van der Waals surface area (Å²) in [6.45, 7) is 0. The van der Waals surface area contributed by atoms with E-state index in [0.717, 1.165) is 5.41 Å². The highest BCUT2D eigenvalue weighted by molar-refractivity contribution is 7.93. The van der Waals surface area contributed by atoms with Crippen LogP contribution in [0.3, 0.4) is 0 Å². The lowest BCUT2D eigenvalue weighted by Gasteiger charge is -2.20. The first-order valence-corrected chi connectivity index (χ1v) is 11.0. The number of sulfonamides is 1. The van der Waals surface area contributed by atoms with E-state index in [1.54, 1.807) is 84.9 Å². The highest BCUT2D eigenvalue weighted by Gasteiger charge is 2.33. The molecule has 0 spiro atoms. The summed E-state index contributed by atoms with van der Waals surface area (Å²) >= 11 is 0. The van der Waals surface area contributed by atoms with E-state index in [1.165, 1.54) is 13.2 Å². The zero-order valence-electron chi connectivity index (χ0n) is 17.1. The van der Waals surface area contributed by atoms with Gasteiger partial charge in [-0.15, -0.1) is 4.31 Å². The van der Waals surface area contributed by atoms with Crippen LogP contribution in [0.2, 0.25) is 0 Å². The number of nitrogens with one attached hydrogen (secondary N) is 2. The fourth-order valence-corrected chi connectivity index (χ4v) is 3.73. The molecule has 0 atom stereocenters. The molecule has 3 aromatic rings. The molecule has 0 heterocycles. The average molecular weight is 452 g/mol. The molecule has 0 aromatic heterocycles. The minimum atomic E-state index is -4.51. The van der Waals surface area contributed by atoms with Gasteiger partial charge in [0.2, 0.25) is 0 Å². The average Bonchev–Trinajstić information content (AvgIpc) is 2.79. The lowest BCUT2D eigenvalue weighted by Crippen LogP contribution is -2.45. The van der Waals surface area contributed by atoms with E-state index in [4.69, 9.17) is 4.74 Å². The van der Waals surface area contributed by atoms with E-state index in [9.17, 15) is 18.0 Å². The summed E-state index contributed by atoms with van der Waals surface area (Å²) in [4.78, 5) is 25.7. The van der Waals surface area contributed by atoms with Gasteiger partial charge < -0.3 is 15.4 Å². The third-order valence-electron chi connectivity index (χ3n) is 4.23. The molecule has 4 amide bonds. The highest BCUT2D eigenvalue weighted by atomic mass is 32.2. The molecule has 0 bridgehead atoms. The molecule has 3 aromatic carbocycles. The van der Waals surface area contributed by atoms with Crippen molar-refractivity contribution in [1.82, 2.24) is 4.31 Å². The molecule has 0 fully saturated rings. The first-order valence-electron chi connectivity index (χ1n) is 9.49. The van der Waals surface area contributed by atoms with E-state index < -0.39 is 22.1 Å². The molecule has 0 radical (unpaired) electrons. The molecular formula is C23H21N3O5S. The topological polar surface area (TPSA) is 105 Å². The van der Waals surface area contributed by atoms with Gasteiger partial charge in [0, 0.05) is 16.9 Å². The number of ether oxygens (including phenoxy) is 1. The number of carbonyl (C=O) groups is 2. The second-order valence-corrected chi connectivity index (χ2v) is 8.11. The predicted octanol–water partition coefficient (Wildman–Crippen LogP) is 4.76. The number of amides is 4. The Morgan fingerprint density at radius 3 is 1.75 bits per heavy atom. The van der Waals surface area contributed by atoms with Crippen molar-refractivity contribution in [3.8, 4) is 5.75 Å².